The molecule has 2 aromatic carbocycles. The van der Waals surface area contributed by atoms with E-state index >= 15 is 4.39 Å². The van der Waals surface area contributed by atoms with Crippen LogP contribution in [0.3, 0.4) is 0 Å². The molecular weight excluding hydrogens is 586 g/mol. The molecule has 2 aliphatic rings. The second-order valence-electron chi connectivity index (χ2n) is 11.0. The largest absolute Gasteiger partial charge is 0.455 e. The molecule has 11 heteroatoms. The predicted octanol–water partition coefficient (Wildman–Crippen LogP) is 9.79. The molecule has 0 bridgehead atoms. The lowest BCUT2D eigenvalue weighted by molar-refractivity contribution is -0.222. The highest BCUT2D eigenvalue weighted by atomic mass is 35.5. The third-order valence-corrected chi connectivity index (χ3v) is 8.15. The number of aryl methyl sites for hydroxylation is 1. The molecule has 0 radical (unpaired) electrons. The smallest absolute Gasteiger partial charge is 0.400 e. The van der Waals surface area contributed by atoms with Crippen molar-refractivity contribution >= 4 is 11.6 Å². The molecule has 1 saturated heterocycles. The Morgan fingerprint density at radius 1 is 1.00 bits per heavy atom. The van der Waals surface area contributed by atoms with Crippen molar-refractivity contribution in [1.82, 2.24) is 0 Å². The summed E-state index contributed by atoms with van der Waals surface area (Å²) in [5.41, 5.74) is 1.31. The fourth-order valence-electron chi connectivity index (χ4n) is 5.54. The first-order chi connectivity index (χ1) is 20.1. The van der Waals surface area contributed by atoms with Gasteiger partial charge in [-0.3, -0.25) is 0 Å². The van der Waals surface area contributed by atoms with Crippen molar-refractivity contribution < 1.29 is 45.3 Å². The van der Waals surface area contributed by atoms with E-state index < -0.39 is 40.4 Å². The van der Waals surface area contributed by atoms with E-state index in [2.05, 4.69) is 11.7 Å². The summed E-state index contributed by atoms with van der Waals surface area (Å²) >= 11 is 5.81. The van der Waals surface area contributed by atoms with E-state index in [1.807, 2.05) is 6.07 Å². The van der Waals surface area contributed by atoms with Gasteiger partial charge in [0, 0.05) is 24.5 Å². The van der Waals surface area contributed by atoms with Crippen molar-refractivity contribution in [3.63, 3.8) is 0 Å². The average molecular weight is 621 g/mol. The minimum absolute atomic E-state index is 0.0152. The molecule has 1 aliphatic heterocycles. The normalized spacial score (nSPS) is 23.0. The predicted molar refractivity (Wildman–Crippen MR) is 146 cm³/mol. The standard InChI is InChI=1S/C31H35ClF6O4/c1-2-3-4-20-16-39-29(40-17-20)12-6-19-5-11-24(26(33)13-19)21-7-9-22(10-8-21)31(37,38)42-23-14-25(32)30(27(34)15-23)41-18-28(35)36/h5,11,13-15,18,20-22,29H,2-4,6-10,12,16-17H2,1H3. The van der Waals surface area contributed by atoms with Crippen LogP contribution in [-0.4, -0.2) is 25.6 Å². The Bertz CT molecular complexity index is 1180. The van der Waals surface area contributed by atoms with Gasteiger partial charge in [0.2, 0.25) is 0 Å². The minimum Gasteiger partial charge on any atom is -0.455 e. The van der Waals surface area contributed by atoms with Gasteiger partial charge in [-0.1, -0.05) is 43.5 Å². The zero-order valence-electron chi connectivity index (χ0n) is 23.3. The Morgan fingerprint density at radius 2 is 1.71 bits per heavy atom. The van der Waals surface area contributed by atoms with Crippen LogP contribution < -0.4 is 9.47 Å². The van der Waals surface area contributed by atoms with Gasteiger partial charge in [0.15, 0.2) is 24.1 Å². The molecule has 1 saturated carbocycles. The summed E-state index contributed by atoms with van der Waals surface area (Å²) in [6, 6.07) is 6.55. The minimum atomic E-state index is -3.66. The van der Waals surface area contributed by atoms with Gasteiger partial charge in [0.1, 0.15) is 11.6 Å². The SMILES string of the molecule is CCCCC1COC(CCc2ccc(C3CCC(C(F)(F)Oc4cc(F)c(OC=C(F)F)c(Cl)c4)CC3)c(F)c2)OC1. The van der Waals surface area contributed by atoms with Crippen LogP contribution in [0.4, 0.5) is 26.3 Å². The van der Waals surface area contributed by atoms with E-state index in [-0.39, 0.29) is 37.1 Å². The zero-order chi connectivity index (χ0) is 30.3. The van der Waals surface area contributed by atoms with Crippen LogP contribution in [0.25, 0.3) is 0 Å². The highest BCUT2D eigenvalue weighted by Gasteiger charge is 2.44. The lowest BCUT2D eigenvalue weighted by Gasteiger charge is -2.33. The number of benzene rings is 2. The first kappa shape index (κ1) is 32.5. The van der Waals surface area contributed by atoms with E-state index in [1.54, 1.807) is 6.07 Å². The maximum Gasteiger partial charge on any atom is 0.400 e. The topological polar surface area (TPSA) is 36.9 Å². The molecule has 0 amide bonds. The van der Waals surface area contributed by atoms with E-state index in [0.29, 0.717) is 56.4 Å². The number of rotatable bonds is 12. The van der Waals surface area contributed by atoms with Crippen molar-refractivity contribution in [2.24, 2.45) is 11.8 Å². The second-order valence-corrected chi connectivity index (χ2v) is 11.4. The fraction of sp³-hybridized carbons (Fsp3) is 0.548. The van der Waals surface area contributed by atoms with Crippen LogP contribution >= 0.6 is 11.6 Å². The molecule has 4 nitrogen and oxygen atoms in total. The number of alkyl halides is 2. The van der Waals surface area contributed by atoms with E-state index in [9.17, 15) is 22.0 Å². The molecule has 2 fully saturated rings. The van der Waals surface area contributed by atoms with Gasteiger partial charge in [-0.15, -0.1) is 0 Å². The Balaban J connectivity index is 1.27. The Hall–Kier alpha value is -2.43. The van der Waals surface area contributed by atoms with Gasteiger partial charge < -0.3 is 18.9 Å². The van der Waals surface area contributed by atoms with Crippen LogP contribution in [0.15, 0.2) is 42.7 Å². The summed E-state index contributed by atoms with van der Waals surface area (Å²) in [4.78, 5) is 0. The van der Waals surface area contributed by atoms with E-state index in [4.69, 9.17) is 25.8 Å². The molecule has 4 rings (SSSR count). The Kier molecular flexibility index (Phi) is 11.5. The molecule has 232 valence electrons. The van der Waals surface area contributed by atoms with Crippen molar-refractivity contribution in [1.29, 1.82) is 0 Å². The third-order valence-electron chi connectivity index (χ3n) is 7.87. The van der Waals surface area contributed by atoms with Crippen molar-refractivity contribution in [3.8, 4) is 11.5 Å². The molecule has 0 unspecified atom stereocenters. The molecule has 1 heterocycles. The fourth-order valence-corrected chi connectivity index (χ4v) is 5.79. The first-order valence-electron chi connectivity index (χ1n) is 14.3. The van der Waals surface area contributed by atoms with Gasteiger partial charge in [0.25, 0.3) is 0 Å². The summed E-state index contributed by atoms with van der Waals surface area (Å²) in [5, 5.41) is -0.504. The summed E-state index contributed by atoms with van der Waals surface area (Å²) in [6.07, 6.45) is -0.817. The van der Waals surface area contributed by atoms with Gasteiger partial charge >= 0.3 is 12.2 Å². The van der Waals surface area contributed by atoms with Gasteiger partial charge in [0.05, 0.1) is 24.2 Å². The van der Waals surface area contributed by atoms with E-state index in [1.165, 1.54) is 6.07 Å². The Labute approximate surface area is 246 Å². The van der Waals surface area contributed by atoms with Crippen LogP contribution in [0.2, 0.25) is 5.02 Å². The van der Waals surface area contributed by atoms with Crippen molar-refractivity contribution in [2.45, 2.75) is 83.0 Å². The number of hydrogen-bond acceptors (Lipinski definition) is 4. The van der Waals surface area contributed by atoms with Crippen molar-refractivity contribution in [2.75, 3.05) is 13.2 Å². The average Bonchev–Trinajstić information content (AvgIpc) is 2.95. The molecule has 0 aromatic heterocycles. The maximum atomic E-state index is 15.1. The lowest BCUT2D eigenvalue weighted by Crippen LogP contribution is -2.37. The molecular formula is C31H35ClF6O4. The first-order valence-corrected chi connectivity index (χ1v) is 14.7. The zero-order valence-corrected chi connectivity index (χ0v) is 24.1. The second kappa shape index (κ2) is 14.8. The number of hydrogen-bond donors (Lipinski definition) is 0. The third kappa shape index (κ3) is 8.80. The van der Waals surface area contributed by atoms with Gasteiger partial charge in [-0.25, -0.2) is 8.78 Å². The Morgan fingerprint density at radius 3 is 2.33 bits per heavy atom. The summed E-state index contributed by atoms with van der Waals surface area (Å²) < 4.78 is 105. The molecule has 0 N–H and O–H groups in total. The molecule has 0 spiro atoms. The summed E-state index contributed by atoms with van der Waals surface area (Å²) in [6.45, 7) is 3.51. The van der Waals surface area contributed by atoms with Crippen LogP contribution in [0.5, 0.6) is 11.5 Å². The number of ether oxygens (including phenoxy) is 4. The number of unbranched alkanes of at least 4 members (excludes halogenated alkanes) is 1. The quantitative estimate of drug-likeness (QED) is 0.175. The van der Waals surface area contributed by atoms with Crippen LogP contribution in [-0.2, 0) is 15.9 Å². The molecule has 2 aromatic rings. The van der Waals surface area contributed by atoms with E-state index in [0.717, 1.165) is 30.9 Å². The van der Waals surface area contributed by atoms with Gasteiger partial charge in [-0.2, -0.15) is 17.6 Å². The molecule has 1 aliphatic carbocycles. The highest BCUT2D eigenvalue weighted by Crippen LogP contribution is 2.44. The van der Waals surface area contributed by atoms with Crippen LogP contribution in [0, 0.1) is 23.5 Å². The lowest BCUT2D eigenvalue weighted by atomic mass is 9.78. The maximum absolute atomic E-state index is 15.1. The molecule has 0 atom stereocenters. The monoisotopic (exact) mass is 620 g/mol. The molecule has 42 heavy (non-hydrogen) atoms. The summed E-state index contributed by atoms with van der Waals surface area (Å²) in [5.74, 6) is -3.88. The van der Waals surface area contributed by atoms with Gasteiger partial charge in [-0.05, 0) is 61.6 Å². The summed E-state index contributed by atoms with van der Waals surface area (Å²) in [7, 11) is 0. The highest BCUT2D eigenvalue weighted by molar-refractivity contribution is 6.32. The van der Waals surface area contributed by atoms with Crippen LogP contribution in [0.1, 0.15) is 75.3 Å². The number of halogens is 7. The van der Waals surface area contributed by atoms with Crippen molar-refractivity contribution in [3.05, 3.63) is 70.5 Å².